The van der Waals surface area contributed by atoms with Crippen LogP contribution in [-0.4, -0.2) is 0 Å². The van der Waals surface area contributed by atoms with E-state index in [9.17, 15) is 0 Å². The lowest BCUT2D eigenvalue weighted by Gasteiger charge is -2.25. The summed E-state index contributed by atoms with van der Waals surface area (Å²) in [6, 6.07) is 0. The highest BCUT2D eigenvalue weighted by molar-refractivity contribution is 5.23. The molecule has 0 saturated heterocycles. The molecule has 1 rings (SSSR count). The topological polar surface area (TPSA) is 0 Å². The van der Waals surface area contributed by atoms with Crippen LogP contribution in [0.5, 0.6) is 0 Å². The van der Waals surface area contributed by atoms with Crippen LogP contribution in [0.4, 0.5) is 0 Å². The van der Waals surface area contributed by atoms with E-state index in [-0.39, 0.29) is 0 Å². The smallest absolute Gasteiger partial charge is 0.00211 e. The van der Waals surface area contributed by atoms with Crippen LogP contribution in [0.2, 0.25) is 0 Å². The Balaban J connectivity index is 2.61. The molecule has 1 aliphatic rings. The first-order chi connectivity index (χ1) is 7.69. The molecule has 0 saturated carbocycles. The molecule has 0 heterocycles. The first kappa shape index (κ1) is 13.3. The fraction of sp³-hybridized carbons (Fsp3) is 0.625. The molecule has 1 aliphatic carbocycles. The molecular formula is C16H26. The zero-order valence-electron chi connectivity index (χ0n) is 11.3. The summed E-state index contributed by atoms with van der Waals surface area (Å²) in [5.41, 5.74) is 3.14. The zero-order chi connectivity index (χ0) is 12.0. The van der Waals surface area contributed by atoms with Crippen molar-refractivity contribution in [1.82, 2.24) is 0 Å². The van der Waals surface area contributed by atoms with Gasteiger partial charge < -0.3 is 0 Å². The summed E-state index contributed by atoms with van der Waals surface area (Å²) in [6.45, 7) is 8.97. The van der Waals surface area contributed by atoms with Gasteiger partial charge in [-0.2, -0.15) is 0 Å². The monoisotopic (exact) mass is 218 g/mol. The van der Waals surface area contributed by atoms with E-state index in [1.54, 1.807) is 5.57 Å². The Labute approximate surface area is 101 Å². The Morgan fingerprint density at radius 2 is 2.31 bits per heavy atom. The van der Waals surface area contributed by atoms with E-state index in [1.807, 2.05) is 0 Å². The van der Waals surface area contributed by atoms with Gasteiger partial charge in [0.2, 0.25) is 0 Å². The van der Waals surface area contributed by atoms with Crippen molar-refractivity contribution in [3.8, 4) is 0 Å². The van der Waals surface area contributed by atoms with Crippen molar-refractivity contribution < 1.29 is 0 Å². The van der Waals surface area contributed by atoms with Crippen molar-refractivity contribution >= 4 is 0 Å². The summed E-state index contributed by atoms with van der Waals surface area (Å²) < 4.78 is 0. The highest BCUT2D eigenvalue weighted by Crippen LogP contribution is 2.32. The van der Waals surface area contributed by atoms with Gasteiger partial charge in [-0.25, -0.2) is 0 Å². The molecule has 0 N–H and O–H groups in total. The van der Waals surface area contributed by atoms with Crippen LogP contribution in [-0.2, 0) is 0 Å². The van der Waals surface area contributed by atoms with E-state index in [0.29, 0.717) is 5.92 Å². The molecule has 16 heavy (non-hydrogen) atoms. The largest absolute Gasteiger partial charge is 0.0877 e. The van der Waals surface area contributed by atoms with Crippen LogP contribution in [0.3, 0.4) is 0 Å². The molecule has 0 bridgehead atoms. The number of hydrogen-bond donors (Lipinski definition) is 0. The molecule has 90 valence electrons. The predicted octanol–water partition coefficient (Wildman–Crippen LogP) is 5.28. The van der Waals surface area contributed by atoms with Gasteiger partial charge in [0.15, 0.2) is 0 Å². The normalized spacial score (nSPS) is 24.6. The summed E-state index contributed by atoms with van der Waals surface area (Å²) in [4.78, 5) is 0. The lowest BCUT2D eigenvalue weighted by molar-refractivity contribution is 0.443. The van der Waals surface area contributed by atoms with Gasteiger partial charge in [-0.05, 0) is 44.9 Å². The molecule has 0 spiro atoms. The van der Waals surface area contributed by atoms with E-state index in [1.165, 1.54) is 31.3 Å². The van der Waals surface area contributed by atoms with Crippen molar-refractivity contribution in [3.05, 3.63) is 35.5 Å². The second kappa shape index (κ2) is 6.73. The molecule has 0 radical (unpaired) electrons. The minimum atomic E-state index is 0.633. The standard InChI is InChI=1S/C16H26/c1-5-7-8-13(3)14(4)16-11-9-15(6-2)10-12-16/h5,7-8,11,14-15H,6,9-10,12H2,1-4H3/b7-5-,13-8-. The Hall–Kier alpha value is -0.780. The maximum absolute atomic E-state index is 2.50. The molecule has 0 aromatic carbocycles. The Morgan fingerprint density at radius 1 is 1.56 bits per heavy atom. The van der Waals surface area contributed by atoms with Gasteiger partial charge in [-0.3, -0.25) is 0 Å². The molecule has 0 amide bonds. The predicted molar refractivity (Wildman–Crippen MR) is 73.5 cm³/mol. The van der Waals surface area contributed by atoms with E-state index in [0.717, 1.165) is 5.92 Å². The lowest BCUT2D eigenvalue weighted by atomic mass is 9.81. The number of hydrogen-bond acceptors (Lipinski definition) is 0. The number of allylic oxidation sites excluding steroid dienone is 6. The molecule has 0 aliphatic heterocycles. The van der Waals surface area contributed by atoms with Gasteiger partial charge >= 0.3 is 0 Å². The lowest BCUT2D eigenvalue weighted by Crippen LogP contribution is -2.10. The van der Waals surface area contributed by atoms with E-state index < -0.39 is 0 Å². The SMILES string of the molecule is C/C=C\C=C(\C)C(C)C1=CCC(CC)CC1. The van der Waals surface area contributed by atoms with Crippen LogP contribution in [0.15, 0.2) is 35.5 Å². The fourth-order valence-electron chi connectivity index (χ4n) is 2.36. The Bertz CT molecular complexity index is 291. The van der Waals surface area contributed by atoms with E-state index in [2.05, 4.69) is 52.0 Å². The first-order valence-electron chi connectivity index (χ1n) is 6.67. The molecule has 0 heteroatoms. The third-order valence-corrected chi connectivity index (χ3v) is 3.92. The maximum Gasteiger partial charge on any atom is -0.00211 e. The van der Waals surface area contributed by atoms with Crippen LogP contribution < -0.4 is 0 Å². The van der Waals surface area contributed by atoms with Crippen LogP contribution in [0.25, 0.3) is 0 Å². The first-order valence-corrected chi connectivity index (χ1v) is 6.67. The summed E-state index contributed by atoms with van der Waals surface area (Å²) in [6.07, 6.45) is 14.3. The van der Waals surface area contributed by atoms with E-state index in [4.69, 9.17) is 0 Å². The summed E-state index contributed by atoms with van der Waals surface area (Å²) in [5.74, 6) is 1.57. The fourth-order valence-corrected chi connectivity index (χ4v) is 2.36. The van der Waals surface area contributed by atoms with Gasteiger partial charge in [-0.15, -0.1) is 0 Å². The van der Waals surface area contributed by atoms with Crippen molar-refractivity contribution in [2.45, 2.75) is 53.4 Å². The molecule has 0 aromatic heterocycles. The second-order valence-corrected chi connectivity index (χ2v) is 4.99. The highest BCUT2D eigenvalue weighted by atomic mass is 14.2. The molecule has 2 unspecified atom stereocenters. The second-order valence-electron chi connectivity index (χ2n) is 4.99. The zero-order valence-corrected chi connectivity index (χ0v) is 11.3. The van der Waals surface area contributed by atoms with Crippen molar-refractivity contribution in [1.29, 1.82) is 0 Å². The van der Waals surface area contributed by atoms with Gasteiger partial charge in [0, 0.05) is 0 Å². The molecule has 0 nitrogen and oxygen atoms in total. The van der Waals surface area contributed by atoms with Gasteiger partial charge in [0.1, 0.15) is 0 Å². The third-order valence-electron chi connectivity index (χ3n) is 3.92. The molecule has 0 aromatic rings. The minimum Gasteiger partial charge on any atom is -0.0877 e. The Kier molecular flexibility index (Phi) is 5.59. The van der Waals surface area contributed by atoms with Gasteiger partial charge in [0.05, 0.1) is 0 Å². The van der Waals surface area contributed by atoms with Crippen LogP contribution in [0.1, 0.15) is 53.4 Å². The summed E-state index contributed by atoms with van der Waals surface area (Å²) >= 11 is 0. The number of rotatable bonds is 4. The molecule has 2 atom stereocenters. The van der Waals surface area contributed by atoms with Gasteiger partial charge in [-0.1, -0.05) is 55.7 Å². The van der Waals surface area contributed by atoms with Crippen molar-refractivity contribution in [2.75, 3.05) is 0 Å². The summed E-state index contributed by atoms with van der Waals surface area (Å²) in [5, 5.41) is 0. The van der Waals surface area contributed by atoms with Crippen LogP contribution in [0, 0.1) is 11.8 Å². The van der Waals surface area contributed by atoms with E-state index >= 15 is 0 Å². The van der Waals surface area contributed by atoms with Crippen molar-refractivity contribution in [3.63, 3.8) is 0 Å². The average Bonchev–Trinajstić information content (AvgIpc) is 2.35. The Morgan fingerprint density at radius 3 is 2.81 bits per heavy atom. The maximum atomic E-state index is 2.50. The van der Waals surface area contributed by atoms with Gasteiger partial charge in [0.25, 0.3) is 0 Å². The molecule has 0 fully saturated rings. The highest BCUT2D eigenvalue weighted by Gasteiger charge is 2.17. The minimum absolute atomic E-state index is 0.633. The summed E-state index contributed by atoms with van der Waals surface area (Å²) in [7, 11) is 0. The van der Waals surface area contributed by atoms with Crippen molar-refractivity contribution in [2.24, 2.45) is 11.8 Å². The van der Waals surface area contributed by atoms with Crippen LogP contribution >= 0.6 is 0 Å². The molecular weight excluding hydrogens is 192 g/mol. The third kappa shape index (κ3) is 3.66. The average molecular weight is 218 g/mol. The quantitative estimate of drug-likeness (QED) is 0.445.